The molecule has 0 bridgehead atoms. The Bertz CT molecular complexity index is 841. The van der Waals surface area contributed by atoms with E-state index in [1.807, 2.05) is 18.2 Å². The molecule has 0 aliphatic heterocycles. The fraction of sp³-hybridized carbons (Fsp3) is 0.300. The van der Waals surface area contributed by atoms with Gasteiger partial charge in [-0.15, -0.1) is 0 Å². The summed E-state index contributed by atoms with van der Waals surface area (Å²) in [4.78, 5) is 24.5. The number of ketones is 1. The zero-order valence-electron chi connectivity index (χ0n) is 14.1. The average Bonchev–Trinajstić information content (AvgIpc) is 2.63. The minimum absolute atomic E-state index is 0.0460. The second kappa shape index (κ2) is 8.11. The van der Waals surface area contributed by atoms with Crippen molar-refractivity contribution in [1.29, 1.82) is 0 Å². The van der Waals surface area contributed by atoms with Crippen molar-refractivity contribution in [2.24, 2.45) is 0 Å². The molecule has 1 aliphatic carbocycles. The molecular weight excluding hydrogens is 373 g/mol. The van der Waals surface area contributed by atoms with Crippen LogP contribution >= 0.6 is 23.2 Å². The minimum Gasteiger partial charge on any atom is -0.505 e. The van der Waals surface area contributed by atoms with Crippen LogP contribution in [-0.4, -0.2) is 16.8 Å². The molecule has 2 aromatic rings. The smallest absolute Gasteiger partial charge is 0.224 e. The van der Waals surface area contributed by atoms with Crippen molar-refractivity contribution in [3.8, 4) is 5.75 Å². The number of carbonyl (C=O) groups excluding carboxylic acids is 2. The number of Topliss-reactive ketones (excluding diaryl/α,β-unsaturated/α-hetero) is 1. The molecule has 0 spiro atoms. The third-order valence-corrected chi connectivity index (χ3v) is 5.13. The van der Waals surface area contributed by atoms with Gasteiger partial charge in [0.15, 0.2) is 11.5 Å². The van der Waals surface area contributed by atoms with Gasteiger partial charge in [-0.2, -0.15) is 0 Å². The number of benzene rings is 2. The molecule has 1 amide bonds. The molecule has 6 heteroatoms. The molecule has 4 nitrogen and oxygen atoms in total. The summed E-state index contributed by atoms with van der Waals surface area (Å²) in [6, 6.07) is 8.67. The lowest BCUT2D eigenvalue weighted by atomic mass is 9.89. The first-order valence-electron chi connectivity index (χ1n) is 8.57. The van der Waals surface area contributed by atoms with E-state index in [4.69, 9.17) is 23.2 Å². The predicted molar refractivity (Wildman–Crippen MR) is 103 cm³/mol. The molecule has 26 heavy (non-hydrogen) atoms. The highest BCUT2D eigenvalue weighted by molar-refractivity contribution is 6.37. The summed E-state index contributed by atoms with van der Waals surface area (Å²) in [5, 5.41) is 12.3. The highest BCUT2D eigenvalue weighted by Gasteiger charge is 2.15. The van der Waals surface area contributed by atoms with Crippen molar-refractivity contribution in [2.45, 2.75) is 38.5 Å². The van der Waals surface area contributed by atoms with Gasteiger partial charge in [0.05, 0.1) is 10.0 Å². The second-order valence-corrected chi connectivity index (χ2v) is 7.26. The van der Waals surface area contributed by atoms with Crippen LogP contribution in [0.4, 0.5) is 5.69 Å². The number of aryl methyl sites for hydroxylation is 2. The molecule has 3 rings (SSSR count). The summed E-state index contributed by atoms with van der Waals surface area (Å²) in [5.74, 6) is -0.585. The number of fused-ring (bicyclic) bond motifs is 1. The summed E-state index contributed by atoms with van der Waals surface area (Å²) >= 11 is 11.7. The number of halogens is 2. The first kappa shape index (κ1) is 18.7. The average molecular weight is 392 g/mol. The lowest BCUT2D eigenvalue weighted by molar-refractivity contribution is -0.116. The molecule has 0 fully saturated rings. The van der Waals surface area contributed by atoms with E-state index in [0.29, 0.717) is 11.3 Å². The molecule has 1 aliphatic rings. The van der Waals surface area contributed by atoms with Crippen molar-refractivity contribution < 1.29 is 14.7 Å². The molecule has 0 saturated carbocycles. The van der Waals surface area contributed by atoms with Crippen molar-refractivity contribution >= 4 is 40.6 Å². The van der Waals surface area contributed by atoms with Gasteiger partial charge in [0.2, 0.25) is 5.91 Å². The molecule has 0 unspecified atom stereocenters. The van der Waals surface area contributed by atoms with Gasteiger partial charge >= 0.3 is 0 Å². The fourth-order valence-electron chi connectivity index (χ4n) is 3.14. The van der Waals surface area contributed by atoms with E-state index in [0.717, 1.165) is 19.3 Å². The summed E-state index contributed by atoms with van der Waals surface area (Å²) in [6.45, 7) is 0. The quantitative estimate of drug-likeness (QED) is 0.544. The Morgan fingerprint density at radius 1 is 0.962 bits per heavy atom. The number of anilines is 1. The number of phenolic OH excluding ortho intramolecular Hbond substituents is 1. The van der Waals surface area contributed by atoms with Gasteiger partial charge in [0.1, 0.15) is 0 Å². The Morgan fingerprint density at radius 2 is 1.62 bits per heavy atom. The fourth-order valence-corrected chi connectivity index (χ4v) is 3.63. The lowest BCUT2D eigenvalue weighted by Crippen LogP contribution is -2.14. The van der Waals surface area contributed by atoms with Gasteiger partial charge < -0.3 is 10.4 Å². The normalized spacial score (nSPS) is 13.2. The topological polar surface area (TPSA) is 66.4 Å². The summed E-state index contributed by atoms with van der Waals surface area (Å²) in [5.41, 5.74) is 3.62. The highest BCUT2D eigenvalue weighted by Crippen LogP contribution is 2.34. The van der Waals surface area contributed by atoms with E-state index < -0.39 is 0 Å². The monoisotopic (exact) mass is 391 g/mol. The van der Waals surface area contributed by atoms with Gasteiger partial charge in [-0.05, 0) is 55.0 Å². The van der Waals surface area contributed by atoms with Crippen LogP contribution in [-0.2, 0) is 17.6 Å². The van der Waals surface area contributed by atoms with Gasteiger partial charge in [-0.1, -0.05) is 35.3 Å². The third-order valence-electron chi connectivity index (χ3n) is 4.55. The van der Waals surface area contributed by atoms with Crippen molar-refractivity contribution in [3.63, 3.8) is 0 Å². The van der Waals surface area contributed by atoms with E-state index in [1.165, 1.54) is 29.7 Å². The molecule has 2 aromatic carbocycles. The predicted octanol–water partition coefficient (Wildman–Crippen LogP) is 5.18. The van der Waals surface area contributed by atoms with Crippen LogP contribution < -0.4 is 5.32 Å². The highest BCUT2D eigenvalue weighted by atomic mass is 35.5. The van der Waals surface area contributed by atoms with Crippen LogP contribution in [0.3, 0.4) is 0 Å². The van der Waals surface area contributed by atoms with E-state index in [9.17, 15) is 14.7 Å². The molecule has 0 radical (unpaired) electrons. The van der Waals surface area contributed by atoms with E-state index in [2.05, 4.69) is 5.32 Å². The van der Waals surface area contributed by atoms with Crippen molar-refractivity contribution in [2.75, 3.05) is 5.32 Å². The lowest BCUT2D eigenvalue weighted by Gasteiger charge is -2.16. The number of aromatic hydroxyl groups is 1. The number of rotatable bonds is 5. The first-order chi connectivity index (χ1) is 12.4. The third kappa shape index (κ3) is 4.37. The van der Waals surface area contributed by atoms with Gasteiger partial charge in [0.25, 0.3) is 0 Å². The molecule has 0 saturated heterocycles. The molecular formula is C20H19Cl2NO3. The Hall–Kier alpha value is -2.04. The first-order valence-corrected chi connectivity index (χ1v) is 9.32. The maximum atomic E-state index is 12.4. The SMILES string of the molecule is O=C(CCC(=O)c1ccc2c(c1)CCCC2)Nc1cc(Cl)c(O)c(Cl)c1. The molecule has 2 N–H and O–H groups in total. The standard InChI is InChI=1S/C20H19Cl2NO3/c21-16-10-15(11-17(22)20(16)26)23-19(25)8-7-18(24)14-6-5-12-3-1-2-4-13(12)9-14/h5-6,9-11,26H,1-4,7-8H2,(H,23,25). The van der Waals surface area contributed by atoms with Gasteiger partial charge in [-0.25, -0.2) is 0 Å². The van der Waals surface area contributed by atoms with Crippen LogP contribution in [0.1, 0.15) is 47.2 Å². The Labute approximate surface area is 162 Å². The number of hydrogen-bond acceptors (Lipinski definition) is 3. The Balaban J connectivity index is 1.58. The maximum absolute atomic E-state index is 12.4. The van der Waals surface area contributed by atoms with Crippen LogP contribution in [0.15, 0.2) is 30.3 Å². The van der Waals surface area contributed by atoms with E-state index >= 15 is 0 Å². The Kier molecular flexibility index (Phi) is 5.84. The van der Waals surface area contributed by atoms with Crippen LogP contribution in [0, 0.1) is 0 Å². The van der Waals surface area contributed by atoms with Crippen LogP contribution in [0.25, 0.3) is 0 Å². The summed E-state index contributed by atoms with van der Waals surface area (Å²) in [6.07, 6.45) is 4.63. The molecule has 136 valence electrons. The summed E-state index contributed by atoms with van der Waals surface area (Å²) < 4.78 is 0. The number of hydrogen-bond donors (Lipinski definition) is 2. The van der Waals surface area contributed by atoms with Crippen LogP contribution in [0.2, 0.25) is 10.0 Å². The van der Waals surface area contributed by atoms with E-state index in [1.54, 1.807) is 0 Å². The zero-order valence-corrected chi connectivity index (χ0v) is 15.7. The second-order valence-electron chi connectivity index (χ2n) is 6.45. The zero-order chi connectivity index (χ0) is 18.7. The van der Waals surface area contributed by atoms with E-state index in [-0.39, 0.29) is 40.3 Å². The van der Waals surface area contributed by atoms with Crippen molar-refractivity contribution in [1.82, 2.24) is 0 Å². The number of amides is 1. The van der Waals surface area contributed by atoms with Crippen molar-refractivity contribution in [3.05, 3.63) is 57.1 Å². The maximum Gasteiger partial charge on any atom is 0.224 e. The number of nitrogens with one attached hydrogen (secondary N) is 1. The number of phenols is 1. The summed E-state index contributed by atoms with van der Waals surface area (Å²) in [7, 11) is 0. The Morgan fingerprint density at radius 3 is 2.31 bits per heavy atom. The van der Waals surface area contributed by atoms with Gasteiger partial charge in [-0.3, -0.25) is 9.59 Å². The van der Waals surface area contributed by atoms with Gasteiger partial charge in [0, 0.05) is 24.1 Å². The molecule has 0 atom stereocenters. The molecule has 0 aromatic heterocycles. The minimum atomic E-state index is -0.311. The number of carbonyl (C=O) groups is 2. The van der Waals surface area contributed by atoms with Crippen LogP contribution in [0.5, 0.6) is 5.75 Å². The molecule has 0 heterocycles. The largest absolute Gasteiger partial charge is 0.505 e.